The van der Waals surface area contributed by atoms with Gasteiger partial charge in [0.15, 0.2) is 0 Å². The van der Waals surface area contributed by atoms with Crippen molar-refractivity contribution in [2.24, 2.45) is 0 Å². The van der Waals surface area contributed by atoms with Crippen LogP contribution in [0.4, 0.5) is 0 Å². The van der Waals surface area contributed by atoms with Crippen molar-refractivity contribution in [3.63, 3.8) is 0 Å². The molecule has 2 N–H and O–H groups in total. The zero-order valence-corrected chi connectivity index (χ0v) is 11.6. The van der Waals surface area contributed by atoms with Crippen LogP contribution >= 0.6 is 0 Å². The van der Waals surface area contributed by atoms with E-state index >= 15 is 0 Å². The van der Waals surface area contributed by atoms with Crippen LogP contribution < -0.4 is 4.74 Å². The summed E-state index contributed by atoms with van der Waals surface area (Å²) in [5.41, 5.74) is 0. The molecule has 0 spiro atoms. The maximum atomic E-state index is 12.4. The molecule has 2 rings (SSSR count). The van der Waals surface area contributed by atoms with Gasteiger partial charge in [-0.3, -0.25) is 4.79 Å². The number of β-amino-alcohol motifs (C(OH)–C–C–N with tert-alkyl or cyclic N) is 1. The fourth-order valence-electron chi connectivity index (χ4n) is 2.16. The molecular weight excluding hydrogens is 286 g/mol. The van der Waals surface area contributed by atoms with E-state index in [4.69, 9.17) is 9.84 Å². The van der Waals surface area contributed by atoms with Gasteiger partial charge >= 0.3 is 5.97 Å². The first-order valence-corrected chi connectivity index (χ1v) is 7.37. The SMILES string of the molecule is COc1ccc(S(=O)(=O)N2C[C@@H](O)C[C@@H]2C(=O)O)cc1. The third-order valence-corrected chi connectivity index (χ3v) is 5.07. The van der Waals surface area contributed by atoms with E-state index in [0.717, 1.165) is 4.31 Å². The molecular formula is C12H15NO6S. The summed E-state index contributed by atoms with van der Waals surface area (Å²) in [6.07, 6.45) is -1.07. The van der Waals surface area contributed by atoms with Crippen LogP contribution in [0.2, 0.25) is 0 Å². The Balaban J connectivity index is 2.35. The molecule has 0 radical (unpaired) electrons. The Bertz CT molecular complexity index is 597. The van der Waals surface area contributed by atoms with Gasteiger partial charge in [-0.2, -0.15) is 4.31 Å². The van der Waals surface area contributed by atoms with E-state index in [9.17, 15) is 18.3 Å². The Morgan fingerprint density at radius 1 is 1.35 bits per heavy atom. The Kier molecular flexibility index (Phi) is 3.98. The number of sulfonamides is 1. The summed E-state index contributed by atoms with van der Waals surface area (Å²) in [6.45, 7) is -0.217. The molecule has 7 nitrogen and oxygen atoms in total. The average Bonchev–Trinajstić information content (AvgIpc) is 2.82. The van der Waals surface area contributed by atoms with Gasteiger partial charge in [-0.1, -0.05) is 0 Å². The van der Waals surface area contributed by atoms with Crippen molar-refractivity contribution in [1.82, 2.24) is 4.31 Å². The summed E-state index contributed by atoms with van der Waals surface area (Å²) in [4.78, 5) is 11.1. The highest BCUT2D eigenvalue weighted by molar-refractivity contribution is 7.89. The second-order valence-electron chi connectivity index (χ2n) is 4.49. The van der Waals surface area contributed by atoms with E-state index in [1.807, 2.05) is 0 Å². The number of carboxylic acid groups (broad SMARTS) is 1. The van der Waals surface area contributed by atoms with Crippen LogP contribution in [0.15, 0.2) is 29.2 Å². The molecule has 0 saturated carbocycles. The second-order valence-corrected chi connectivity index (χ2v) is 6.38. The smallest absolute Gasteiger partial charge is 0.322 e. The first-order chi connectivity index (χ1) is 9.36. The number of rotatable bonds is 4. The number of aliphatic carboxylic acids is 1. The predicted molar refractivity (Wildman–Crippen MR) is 68.9 cm³/mol. The Morgan fingerprint density at radius 3 is 2.45 bits per heavy atom. The zero-order valence-electron chi connectivity index (χ0n) is 10.8. The third kappa shape index (κ3) is 2.62. The molecule has 0 unspecified atom stereocenters. The van der Waals surface area contributed by atoms with Crippen LogP contribution in [-0.4, -0.2) is 54.7 Å². The van der Waals surface area contributed by atoms with Crippen molar-refractivity contribution in [2.75, 3.05) is 13.7 Å². The van der Waals surface area contributed by atoms with E-state index in [1.54, 1.807) is 0 Å². The summed E-state index contributed by atoms with van der Waals surface area (Å²) in [7, 11) is -2.49. The highest BCUT2D eigenvalue weighted by Crippen LogP contribution is 2.27. The van der Waals surface area contributed by atoms with Crippen LogP contribution in [-0.2, 0) is 14.8 Å². The molecule has 0 aromatic heterocycles. The summed E-state index contributed by atoms with van der Waals surface area (Å²) in [5.74, 6) is -0.765. The largest absolute Gasteiger partial charge is 0.497 e. The number of methoxy groups -OCH3 is 1. The number of aliphatic hydroxyl groups is 1. The molecule has 0 aliphatic carbocycles. The molecule has 110 valence electrons. The zero-order chi connectivity index (χ0) is 14.9. The van der Waals surface area contributed by atoms with Gasteiger partial charge in [0, 0.05) is 13.0 Å². The number of carbonyl (C=O) groups is 1. The molecule has 0 bridgehead atoms. The fourth-order valence-corrected chi connectivity index (χ4v) is 3.79. The minimum atomic E-state index is -3.95. The highest BCUT2D eigenvalue weighted by atomic mass is 32.2. The molecule has 1 fully saturated rings. The molecule has 20 heavy (non-hydrogen) atoms. The van der Waals surface area contributed by atoms with Crippen LogP contribution in [0.5, 0.6) is 5.75 Å². The number of ether oxygens (including phenoxy) is 1. The van der Waals surface area contributed by atoms with Crippen molar-refractivity contribution < 1.29 is 28.2 Å². The molecule has 1 heterocycles. The number of aliphatic hydroxyl groups excluding tert-OH is 1. The van der Waals surface area contributed by atoms with Gasteiger partial charge in [0.05, 0.1) is 18.1 Å². The van der Waals surface area contributed by atoms with E-state index in [-0.39, 0.29) is 17.9 Å². The van der Waals surface area contributed by atoms with Gasteiger partial charge < -0.3 is 14.9 Å². The number of nitrogens with zero attached hydrogens (tertiary/aromatic N) is 1. The summed E-state index contributed by atoms with van der Waals surface area (Å²) in [6, 6.07) is 4.41. The monoisotopic (exact) mass is 301 g/mol. The van der Waals surface area contributed by atoms with E-state index in [1.165, 1.54) is 31.4 Å². The predicted octanol–water partition coefficient (Wildman–Crippen LogP) is -0.0963. The lowest BCUT2D eigenvalue weighted by molar-refractivity contribution is -0.140. The molecule has 1 saturated heterocycles. The number of carboxylic acids is 1. The van der Waals surface area contributed by atoms with E-state index < -0.39 is 28.1 Å². The van der Waals surface area contributed by atoms with Crippen LogP contribution in [0.3, 0.4) is 0 Å². The van der Waals surface area contributed by atoms with Crippen LogP contribution in [0.1, 0.15) is 6.42 Å². The normalized spacial score (nSPS) is 23.7. The summed E-state index contributed by atoms with van der Waals surface area (Å²) in [5, 5.41) is 18.6. The average molecular weight is 301 g/mol. The van der Waals surface area contributed by atoms with Crippen molar-refractivity contribution in [3.8, 4) is 5.75 Å². The van der Waals surface area contributed by atoms with Gasteiger partial charge in [-0.05, 0) is 24.3 Å². The maximum absolute atomic E-state index is 12.4. The minimum absolute atomic E-state index is 0.0290. The lowest BCUT2D eigenvalue weighted by Gasteiger charge is -2.20. The number of hydrogen-bond donors (Lipinski definition) is 2. The minimum Gasteiger partial charge on any atom is -0.497 e. The van der Waals surface area contributed by atoms with Gasteiger partial charge in [-0.25, -0.2) is 8.42 Å². The highest BCUT2D eigenvalue weighted by Gasteiger charge is 2.43. The van der Waals surface area contributed by atoms with Gasteiger partial charge in [0.25, 0.3) is 0 Å². The summed E-state index contributed by atoms with van der Waals surface area (Å²) >= 11 is 0. The lowest BCUT2D eigenvalue weighted by atomic mass is 10.2. The van der Waals surface area contributed by atoms with Gasteiger partial charge in [0.2, 0.25) is 10.0 Å². The first-order valence-electron chi connectivity index (χ1n) is 5.93. The number of hydrogen-bond acceptors (Lipinski definition) is 5. The Labute approximate surface area is 116 Å². The van der Waals surface area contributed by atoms with Crippen LogP contribution in [0.25, 0.3) is 0 Å². The second kappa shape index (κ2) is 5.39. The molecule has 0 amide bonds. The summed E-state index contributed by atoms with van der Waals surface area (Å²) < 4.78 is 30.6. The third-order valence-electron chi connectivity index (χ3n) is 3.18. The van der Waals surface area contributed by atoms with Crippen molar-refractivity contribution in [2.45, 2.75) is 23.5 Å². The molecule has 1 aliphatic heterocycles. The fraction of sp³-hybridized carbons (Fsp3) is 0.417. The quantitative estimate of drug-likeness (QED) is 0.805. The standard InChI is InChI=1S/C12H15NO6S/c1-19-9-2-4-10(5-3-9)20(17,18)13-7-8(14)6-11(13)12(15)16/h2-5,8,11,14H,6-7H2,1H3,(H,15,16)/t8-,11+/m0/s1. The van der Waals surface area contributed by atoms with Gasteiger partial charge in [-0.15, -0.1) is 0 Å². The molecule has 1 aromatic carbocycles. The van der Waals surface area contributed by atoms with E-state index in [0.29, 0.717) is 5.75 Å². The van der Waals surface area contributed by atoms with Crippen molar-refractivity contribution in [3.05, 3.63) is 24.3 Å². The first kappa shape index (κ1) is 14.8. The maximum Gasteiger partial charge on any atom is 0.322 e. The van der Waals surface area contributed by atoms with Crippen molar-refractivity contribution in [1.29, 1.82) is 0 Å². The van der Waals surface area contributed by atoms with Crippen LogP contribution in [0, 0.1) is 0 Å². The van der Waals surface area contributed by atoms with Gasteiger partial charge in [0.1, 0.15) is 11.8 Å². The Morgan fingerprint density at radius 2 is 1.95 bits per heavy atom. The lowest BCUT2D eigenvalue weighted by Crippen LogP contribution is -2.40. The van der Waals surface area contributed by atoms with Crippen molar-refractivity contribution >= 4 is 16.0 Å². The Hall–Kier alpha value is -1.64. The molecule has 8 heteroatoms. The van der Waals surface area contributed by atoms with E-state index in [2.05, 4.69) is 0 Å². The molecule has 1 aliphatic rings. The molecule has 2 atom stereocenters. The topological polar surface area (TPSA) is 104 Å². The number of benzene rings is 1. The molecule has 1 aromatic rings.